The highest BCUT2D eigenvalue weighted by molar-refractivity contribution is 6.09. The summed E-state index contributed by atoms with van der Waals surface area (Å²) in [4.78, 5) is 24.0. The predicted octanol–water partition coefficient (Wildman–Crippen LogP) is 4.22. The lowest BCUT2D eigenvalue weighted by Gasteiger charge is -2.22. The van der Waals surface area contributed by atoms with Crippen LogP contribution in [0.2, 0.25) is 0 Å². The van der Waals surface area contributed by atoms with E-state index in [0.29, 0.717) is 12.0 Å². The number of carboxylic acid groups (broad SMARTS) is 1. The fourth-order valence-electron chi connectivity index (χ4n) is 2.51. The quantitative estimate of drug-likeness (QED) is 0.836. The van der Waals surface area contributed by atoms with E-state index < -0.39 is 11.4 Å². The van der Waals surface area contributed by atoms with Crippen molar-refractivity contribution in [2.24, 2.45) is 5.41 Å². The van der Waals surface area contributed by atoms with Gasteiger partial charge in [-0.2, -0.15) is 0 Å². The Labute approximate surface area is 124 Å². The summed E-state index contributed by atoms with van der Waals surface area (Å²) >= 11 is 0. The van der Waals surface area contributed by atoms with E-state index in [1.807, 2.05) is 37.3 Å². The molecule has 0 saturated heterocycles. The van der Waals surface area contributed by atoms with Crippen LogP contribution in [0.3, 0.4) is 0 Å². The second-order valence-electron chi connectivity index (χ2n) is 5.79. The normalized spacial score (nSPS) is 13.9. The zero-order chi connectivity index (χ0) is 15.6. The zero-order valence-electron chi connectivity index (χ0n) is 12.6. The molecule has 0 unspecified atom stereocenters. The van der Waals surface area contributed by atoms with Crippen molar-refractivity contribution in [3.8, 4) is 0 Å². The van der Waals surface area contributed by atoms with Crippen LogP contribution in [0.15, 0.2) is 36.4 Å². The van der Waals surface area contributed by atoms with Crippen molar-refractivity contribution >= 4 is 22.5 Å². The SMILES string of the molecule is CC[C@](C)(CC(=O)c1cccc2c(C)cccc12)C(=O)O. The number of hydrogen-bond donors (Lipinski definition) is 1. The molecule has 0 aliphatic rings. The first-order valence-electron chi connectivity index (χ1n) is 7.14. The fourth-order valence-corrected chi connectivity index (χ4v) is 2.51. The molecule has 0 aromatic heterocycles. The molecular formula is C18H20O3. The molecule has 0 spiro atoms. The third kappa shape index (κ3) is 2.82. The van der Waals surface area contributed by atoms with Crippen LogP contribution in [0.5, 0.6) is 0 Å². The summed E-state index contributed by atoms with van der Waals surface area (Å²) in [6.07, 6.45) is 0.448. The molecular weight excluding hydrogens is 264 g/mol. The maximum Gasteiger partial charge on any atom is 0.309 e. The van der Waals surface area contributed by atoms with Crippen molar-refractivity contribution in [2.75, 3.05) is 0 Å². The van der Waals surface area contributed by atoms with Gasteiger partial charge in [-0.25, -0.2) is 0 Å². The Bertz CT molecular complexity index is 703. The average Bonchev–Trinajstić information content (AvgIpc) is 2.46. The summed E-state index contributed by atoms with van der Waals surface area (Å²) in [5, 5.41) is 11.3. The highest BCUT2D eigenvalue weighted by Gasteiger charge is 2.34. The molecule has 0 bridgehead atoms. The molecule has 0 amide bonds. The molecule has 1 N–H and O–H groups in total. The van der Waals surface area contributed by atoms with Crippen molar-refractivity contribution in [3.05, 3.63) is 47.5 Å². The number of carbonyl (C=O) groups excluding carboxylic acids is 1. The lowest BCUT2D eigenvalue weighted by molar-refractivity contribution is -0.148. The van der Waals surface area contributed by atoms with Crippen molar-refractivity contribution in [1.29, 1.82) is 0 Å². The molecule has 2 rings (SSSR count). The summed E-state index contributed by atoms with van der Waals surface area (Å²) in [5.41, 5.74) is 0.707. The number of Topliss-reactive ketones (excluding diaryl/α,β-unsaturated/α-hetero) is 1. The first-order valence-corrected chi connectivity index (χ1v) is 7.14. The third-order valence-corrected chi connectivity index (χ3v) is 4.29. The number of rotatable bonds is 5. The molecule has 110 valence electrons. The Morgan fingerprint density at radius 1 is 1.10 bits per heavy atom. The maximum absolute atomic E-state index is 12.6. The van der Waals surface area contributed by atoms with Crippen LogP contribution in [0, 0.1) is 12.3 Å². The van der Waals surface area contributed by atoms with Gasteiger partial charge in [0.25, 0.3) is 0 Å². The molecule has 2 aromatic carbocycles. The van der Waals surface area contributed by atoms with E-state index in [1.54, 1.807) is 19.9 Å². The summed E-state index contributed by atoms with van der Waals surface area (Å²) in [5.74, 6) is -1.03. The minimum Gasteiger partial charge on any atom is -0.481 e. The van der Waals surface area contributed by atoms with Crippen LogP contribution in [0.1, 0.15) is 42.6 Å². The first-order chi connectivity index (χ1) is 9.89. The lowest BCUT2D eigenvalue weighted by Crippen LogP contribution is -2.29. The van der Waals surface area contributed by atoms with Crippen molar-refractivity contribution < 1.29 is 14.7 Å². The molecule has 0 heterocycles. The van der Waals surface area contributed by atoms with Gasteiger partial charge < -0.3 is 5.11 Å². The van der Waals surface area contributed by atoms with E-state index in [4.69, 9.17) is 0 Å². The van der Waals surface area contributed by atoms with Gasteiger partial charge in [-0.05, 0) is 36.6 Å². The third-order valence-electron chi connectivity index (χ3n) is 4.29. The molecule has 2 aromatic rings. The highest BCUT2D eigenvalue weighted by Crippen LogP contribution is 2.30. The largest absolute Gasteiger partial charge is 0.481 e. The van der Waals surface area contributed by atoms with Crippen LogP contribution >= 0.6 is 0 Å². The van der Waals surface area contributed by atoms with Gasteiger partial charge in [0.2, 0.25) is 0 Å². The molecule has 21 heavy (non-hydrogen) atoms. The van der Waals surface area contributed by atoms with Crippen molar-refractivity contribution in [3.63, 3.8) is 0 Å². The van der Waals surface area contributed by atoms with Crippen LogP contribution in [-0.4, -0.2) is 16.9 Å². The Balaban J connectivity index is 2.45. The van der Waals surface area contributed by atoms with Gasteiger partial charge in [-0.3, -0.25) is 9.59 Å². The molecule has 3 heteroatoms. The van der Waals surface area contributed by atoms with Crippen LogP contribution in [0.4, 0.5) is 0 Å². The molecule has 0 saturated carbocycles. The number of carboxylic acids is 1. The minimum atomic E-state index is -1.01. The van der Waals surface area contributed by atoms with Gasteiger partial charge in [-0.15, -0.1) is 0 Å². The van der Waals surface area contributed by atoms with E-state index >= 15 is 0 Å². The summed E-state index contributed by atoms with van der Waals surface area (Å²) in [6.45, 7) is 5.43. The van der Waals surface area contributed by atoms with Crippen LogP contribution < -0.4 is 0 Å². The van der Waals surface area contributed by atoms with Crippen LogP contribution in [0.25, 0.3) is 10.8 Å². The topological polar surface area (TPSA) is 54.4 Å². The molecule has 0 fully saturated rings. The first kappa shape index (κ1) is 15.2. The van der Waals surface area contributed by atoms with E-state index in [2.05, 4.69) is 0 Å². The number of hydrogen-bond acceptors (Lipinski definition) is 2. The second kappa shape index (κ2) is 5.68. The van der Waals surface area contributed by atoms with Gasteiger partial charge in [0.05, 0.1) is 5.41 Å². The van der Waals surface area contributed by atoms with Crippen molar-refractivity contribution in [1.82, 2.24) is 0 Å². The average molecular weight is 284 g/mol. The summed E-state index contributed by atoms with van der Waals surface area (Å²) in [6, 6.07) is 11.5. The van der Waals surface area contributed by atoms with Gasteiger partial charge in [-0.1, -0.05) is 43.3 Å². The van der Waals surface area contributed by atoms with E-state index in [0.717, 1.165) is 16.3 Å². The van der Waals surface area contributed by atoms with Gasteiger partial charge in [0.15, 0.2) is 5.78 Å². The van der Waals surface area contributed by atoms with Crippen LogP contribution in [-0.2, 0) is 4.79 Å². The van der Waals surface area contributed by atoms with Crippen molar-refractivity contribution in [2.45, 2.75) is 33.6 Å². The predicted molar refractivity (Wildman–Crippen MR) is 83.7 cm³/mol. The maximum atomic E-state index is 12.6. The highest BCUT2D eigenvalue weighted by atomic mass is 16.4. The lowest BCUT2D eigenvalue weighted by atomic mass is 9.80. The number of aryl methyl sites for hydroxylation is 1. The Hall–Kier alpha value is -2.16. The molecule has 0 aliphatic carbocycles. The zero-order valence-corrected chi connectivity index (χ0v) is 12.6. The number of aliphatic carboxylic acids is 1. The monoisotopic (exact) mass is 284 g/mol. The van der Waals surface area contributed by atoms with Gasteiger partial charge >= 0.3 is 5.97 Å². The smallest absolute Gasteiger partial charge is 0.309 e. The van der Waals surface area contributed by atoms with E-state index in [9.17, 15) is 14.7 Å². The summed E-state index contributed by atoms with van der Waals surface area (Å²) in [7, 11) is 0. The Morgan fingerprint density at radius 3 is 2.33 bits per heavy atom. The van der Waals surface area contributed by atoms with E-state index in [-0.39, 0.29) is 12.2 Å². The van der Waals surface area contributed by atoms with Gasteiger partial charge in [0, 0.05) is 12.0 Å². The fraction of sp³-hybridized carbons (Fsp3) is 0.333. The number of carbonyl (C=O) groups is 2. The minimum absolute atomic E-state index is 0.0197. The number of ketones is 1. The molecule has 0 radical (unpaired) electrons. The Morgan fingerprint density at radius 2 is 1.71 bits per heavy atom. The summed E-state index contributed by atoms with van der Waals surface area (Å²) < 4.78 is 0. The second-order valence-corrected chi connectivity index (χ2v) is 5.79. The molecule has 0 aliphatic heterocycles. The molecule has 3 nitrogen and oxygen atoms in total. The number of fused-ring (bicyclic) bond motifs is 1. The molecule has 1 atom stereocenters. The van der Waals surface area contributed by atoms with E-state index in [1.165, 1.54) is 0 Å². The number of benzene rings is 2. The Kier molecular flexibility index (Phi) is 4.12. The van der Waals surface area contributed by atoms with Gasteiger partial charge in [0.1, 0.15) is 0 Å². The standard InChI is InChI=1S/C18H20O3/c1-4-18(3,17(20)21)11-16(19)15-10-6-8-13-12(2)7-5-9-14(13)15/h5-10H,4,11H2,1-3H3,(H,20,21)/t18-/m1/s1.